The fourth-order valence-corrected chi connectivity index (χ4v) is 4.72. The highest BCUT2D eigenvalue weighted by Gasteiger charge is 2.28. The Hall–Kier alpha value is -4.66. The van der Waals surface area contributed by atoms with Gasteiger partial charge in [-0.25, -0.2) is 4.39 Å². The predicted molar refractivity (Wildman–Crippen MR) is 141 cm³/mol. The highest BCUT2D eigenvalue weighted by atomic mass is 19.1. The summed E-state index contributed by atoms with van der Waals surface area (Å²) in [6, 6.07) is 15.2. The summed E-state index contributed by atoms with van der Waals surface area (Å²) in [5.41, 5.74) is 1.59. The van der Waals surface area contributed by atoms with Crippen LogP contribution in [0.3, 0.4) is 0 Å². The van der Waals surface area contributed by atoms with Crippen molar-refractivity contribution in [1.82, 2.24) is 19.7 Å². The number of piperazine rings is 1. The largest absolute Gasteiger partial charge is 0.467 e. The fourth-order valence-electron chi connectivity index (χ4n) is 4.72. The lowest BCUT2D eigenvalue weighted by molar-refractivity contribution is -0.126. The van der Waals surface area contributed by atoms with Crippen molar-refractivity contribution in [2.75, 3.05) is 33.2 Å². The molecule has 0 spiro atoms. The molecule has 0 radical (unpaired) electrons. The molecule has 1 aliphatic rings. The first-order valence-electron chi connectivity index (χ1n) is 12.3. The topological polar surface area (TPSA) is 89.9 Å². The van der Waals surface area contributed by atoms with Crippen LogP contribution in [0, 0.1) is 5.82 Å². The quantitative estimate of drug-likeness (QED) is 0.391. The van der Waals surface area contributed by atoms with Crippen LogP contribution >= 0.6 is 0 Å². The molecule has 0 bridgehead atoms. The molecule has 1 saturated heterocycles. The molecule has 1 fully saturated rings. The number of hydrogen-bond donors (Lipinski definition) is 1. The molecule has 5 rings (SSSR count). The first kappa shape index (κ1) is 25.0. The van der Waals surface area contributed by atoms with Gasteiger partial charge in [-0.2, -0.15) is 0 Å². The number of nitrogens with one attached hydrogen (secondary N) is 1. The summed E-state index contributed by atoms with van der Waals surface area (Å²) >= 11 is 0. The van der Waals surface area contributed by atoms with Crippen LogP contribution in [0.2, 0.25) is 0 Å². The van der Waals surface area contributed by atoms with Gasteiger partial charge in [-0.05, 0) is 36.4 Å². The molecule has 0 saturated carbocycles. The molecule has 3 heterocycles. The number of carbonyl (C=O) groups excluding carboxylic acids is 3. The van der Waals surface area contributed by atoms with Crippen LogP contribution in [0.25, 0.3) is 16.5 Å². The number of amides is 3. The summed E-state index contributed by atoms with van der Waals surface area (Å²) in [4.78, 5) is 47.0. The number of nitrogens with zero attached hydrogens (tertiary/aromatic N) is 3. The molecule has 8 nitrogen and oxygen atoms in total. The lowest BCUT2D eigenvalue weighted by Crippen LogP contribution is -2.50. The molecule has 1 aliphatic heterocycles. The minimum atomic E-state index is -0.561. The summed E-state index contributed by atoms with van der Waals surface area (Å²) < 4.78 is 20.3. The molecule has 0 atom stereocenters. The van der Waals surface area contributed by atoms with Crippen molar-refractivity contribution in [2.24, 2.45) is 0 Å². The van der Waals surface area contributed by atoms with Gasteiger partial charge in [-0.3, -0.25) is 14.4 Å². The van der Waals surface area contributed by atoms with Crippen molar-refractivity contribution in [1.29, 1.82) is 0 Å². The van der Waals surface area contributed by atoms with Crippen molar-refractivity contribution < 1.29 is 23.2 Å². The van der Waals surface area contributed by atoms with E-state index in [4.69, 9.17) is 4.42 Å². The van der Waals surface area contributed by atoms with Crippen molar-refractivity contribution in [2.45, 2.75) is 6.54 Å². The molecule has 4 aromatic rings. The average Bonchev–Trinajstić information content (AvgIpc) is 3.63. The number of aromatic amines is 1. The van der Waals surface area contributed by atoms with E-state index in [1.807, 2.05) is 18.2 Å². The van der Waals surface area contributed by atoms with Crippen LogP contribution in [0.15, 0.2) is 78.1 Å². The molecule has 0 aliphatic carbocycles. The van der Waals surface area contributed by atoms with Gasteiger partial charge in [0.1, 0.15) is 11.6 Å². The van der Waals surface area contributed by atoms with Gasteiger partial charge < -0.3 is 24.1 Å². The molecular weight excluding hydrogens is 487 g/mol. The van der Waals surface area contributed by atoms with E-state index in [-0.39, 0.29) is 40.8 Å². The van der Waals surface area contributed by atoms with Crippen molar-refractivity contribution in [3.63, 3.8) is 0 Å². The van der Waals surface area contributed by atoms with E-state index >= 15 is 4.39 Å². The number of rotatable bonds is 6. The second-order valence-corrected chi connectivity index (χ2v) is 9.22. The fraction of sp³-hybridized carbons (Fsp3) is 0.207. The van der Waals surface area contributed by atoms with Gasteiger partial charge in [0.25, 0.3) is 17.7 Å². The highest BCUT2D eigenvalue weighted by molar-refractivity contribution is 6.23. The lowest BCUT2D eigenvalue weighted by Gasteiger charge is -2.35. The molecule has 9 heteroatoms. The third kappa shape index (κ3) is 4.70. The Kier molecular flexibility index (Phi) is 6.83. The van der Waals surface area contributed by atoms with Gasteiger partial charge in [-0.1, -0.05) is 24.8 Å². The number of fused-ring (bicyclic) bond motifs is 1. The number of furan rings is 1. The van der Waals surface area contributed by atoms with Crippen molar-refractivity contribution in [3.05, 3.63) is 102 Å². The molecule has 3 amide bonds. The number of aromatic nitrogens is 1. The van der Waals surface area contributed by atoms with E-state index in [1.165, 1.54) is 29.5 Å². The Morgan fingerprint density at radius 2 is 1.68 bits per heavy atom. The highest BCUT2D eigenvalue weighted by Crippen LogP contribution is 2.31. The zero-order valence-electron chi connectivity index (χ0n) is 20.9. The first-order chi connectivity index (χ1) is 18.3. The van der Waals surface area contributed by atoms with Crippen LogP contribution in [-0.4, -0.2) is 70.6 Å². The summed E-state index contributed by atoms with van der Waals surface area (Å²) in [5, 5.41) is 0.137. The summed E-state index contributed by atoms with van der Waals surface area (Å²) in [6.45, 7) is 5.65. The molecule has 1 N–H and O–H groups in total. The molecule has 194 valence electrons. The summed E-state index contributed by atoms with van der Waals surface area (Å²) in [5.74, 6) is -0.686. The van der Waals surface area contributed by atoms with E-state index in [9.17, 15) is 14.4 Å². The number of carbonyl (C=O) groups is 3. The predicted octanol–water partition coefficient (Wildman–Crippen LogP) is 4.17. The molecular formula is C29H27FN4O4. The van der Waals surface area contributed by atoms with Gasteiger partial charge in [0.05, 0.1) is 23.9 Å². The van der Waals surface area contributed by atoms with Crippen molar-refractivity contribution >= 4 is 34.2 Å². The zero-order chi connectivity index (χ0) is 26.8. The average molecular weight is 515 g/mol. The Morgan fingerprint density at radius 1 is 0.974 bits per heavy atom. The van der Waals surface area contributed by atoms with Crippen LogP contribution in [0.1, 0.15) is 32.0 Å². The second-order valence-electron chi connectivity index (χ2n) is 9.22. The van der Waals surface area contributed by atoms with Crippen molar-refractivity contribution in [3.8, 4) is 0 Å². The number of benzene rings is 2. The van der Waals surface area contributed by atoms with E-state index < -0.39 is 5.82 Å². The minimum absolute atomic E-state index is 0.0792. The zero-order valence-corrected chi connectivity index (χ0v) is 20.9. The van der Waals surface area contributed by atoms with E-state index in [0.717, 1.165) is 0 Å². The van der Waals surface area contributed by atoms with E-state index in [0.29, 0.717) is 48.6 Å². The molecule has 0 unspecified atom stereocenters. The minimum Gasteiger partial charge on any atom is -0.467 e. The summed E-state index contributed by atoms with van der Waals surface area (Å²) in [7, 11) is 1.63. The molecule has 2 aromatic carbocycles. The second kappa shape index (κ2) is 10.4. The Labute approximate surface area is 218 Å². The standard InChI is InChI=1S/C29H27FN4O4/c1-19(27(35)33-12-14-34(15-13-33)28(36)20-7-4-3-5-8-20)23-17-31-26-22(10-11-24(30)25(23)26)29(37)32(2)18-21-9-6-16-38-21/h3-11,16-17,31H,1,12-15,18H2,2H3. The Morgan fingerprint density at radius 3 is 2.37 bits per heavy atom. The van der Waals surface area contributed by atoms with Gasteiger partial charge >= 0.3 is 0 Å². The van der Waals surface area contributed by atoms with Gasteiger partial charge in [0.2, 0.25) is 0 Å². The monoisotopic (exact) mass is 514 g/mol. The van der Waals surface area contributed by atoms with E-state index in [2.05, 4.69) is 11.6 Å². The first-order valence-corrected chi connectivity index (χ1v) is 12.3. The maximum atomic E-state index is 15.0. The smallest absolute Gasteiger partial charge is 0.256 e. The Bertz CT molecular complexity index is 1500. The Balaban J connectivity index is 1.31. The third-order valence-corrected chi connectivity index (χ3v) is 6.79. The van der Waals surface area contributed by atoms with Gasteiger partial charge in [-0.15, -0.1) is 0 Å². The van der Waals surface area contributed by atoms with Gasteiger partial charge in [0, 0.05) is 61.5 Å². The number of hydrogen-bond acceptors (Lipinski definition) is 4. The SMILES string of the molecule is C=C(C(=O)N1CCN(C(=O)c2ccccc2)CC1)c1c[nH]c2c(C(=O)N(C)Cc3ccco3)ccc(F)c12. The van der Waals surface area contributed by atoms with E-state index in [1.54, 1.807) is 41.1 Å². The van der Waals surface area contributed by atoms with Crippen LogP contribution in [-0.2, 0) is 11.3 Å². The molecule has 2 aromatic heterocycles. The maximum Gasteiger partial charge on any atom is 0.256 e. The van der Waals surface area contributed by atoms with Crippen LogP contribution in [0.5, 0.6) is 0 Å². The molecule has 38 heavy (non-hydrogen) atoms. The van der Waals surface area contributed by atoms with Crippen LogP contribution < -0.4 is 0 Å². The summed E-state index contributed by atoms with van der Waals surface area (Å²) in [6.07, 6.45) is 3.04. The number of H-pyrrole nitrogens is 1. The van der Waals surface area contributed by atoms with Crippen LogP contribution in [0.4, 0.5) is 4.39 Å². The third-order valence-electron chi connectivity index (χ3n) is 6.79. The van der Waals surface area contributed by atoms with Gasteiger partial charge in [0.15, 0.2) is 0 Å². The normalized spacial score (nSPS) is 13.5. The lowest BCUT2D eigenvalue weighted by atomic mass is 10.0. The number of halogens is 1. The maximum absolute atomic E-state index is 15.0.